The van der Waals surface area contributed by atoms with Crippen molar-refractivity contribution in [2.75, 3.05) is 20.3 Å². The van der Waals surface area contributed by atoms with Crippen molar-refractivity contribution >= 4 is 16.7 Å². The zero-order valence-electron chi connectivity index (χ0n) is 11.5. The Labute approximate surface area is 117 Å². The molecule has 4 heteroatoms. The number of aromatic nitrogens is 1. The maximum Gasteiger partial charge on any atom is 0.194 e. The molecule has 1 aromatic carbocycles. The molecular formula is C16H17NO3. The number of methoxy groups -OCH3 is 1. The Morgan fingerprint density at radius 3 is 2.85 bits per heavy atom. The second kappa shape index (κ2) is 5.31. The van der Waals surface area contributed by atoms with E-state index >= 15 is 0 Å². The van der Waals surface area contributed by atoms with Gasteiger partial charge in [-0.3, -0.25) is 9.78 Å². The molecule has 4 nitrogen and oxygen atoms in total. The van der Waals surface area contributed by atoms with E-state index in [0.717, 1.165) is 10.9 Å². The van der Waals surface area contributed by atoms with Crippen LogP contribution in [0.5, 0.6) is 0 Å². The van der Waals surface area contributed by atoms with Crippen LogP contribution in [0.4, 0.5) is 0 Å². The average Bonchev–Trinajstić information content (AvgIpc) is 2.54. The normalized spacial score (nSPS) is 18.1. The number of carbonyl (C=O) groups excluding carboxylic acids is 1. The highest BCUT2D eigenvalue weighted by molar-refractivity contribution is 6.04. The number of Topliss-reactive ketones (excluding diaryl/α,β-unsaturated/α-hetero) is 1. The molecule has 3 rings (SSSR count). The van der Waals surface area contributed by atoms with Gasteiger partial charge in [0.1, 0.15) is 5.60 Å². The van der Waals surface area contributed by atoms with Crippen molar-refractivity contribution in [3.63, 3.8) is 0 Å². The molecule has 1 aliphatic rings. The third-order valence-corrected chi connectivity index (χ3v) is 3.97. The highest BCUT2D eigenvalue weighted by atomic mass is 16.5. The summed E-state index contributed by atoms with van der Waals surface area (Å²) < 4.78 is 10.9. The van der Waals surface area contributed by atoms with Crippen LogP contribution in [-0.4, -0.2) is 36.7 Å². The lowest BCUT2D eigenvalue weighted by molar-refractivity contribution is -0.0663. The van der Waals surface area contributed by atoms with Crippen molar-refractivity contribution in [3.8, 4) is 0 Å². The molecule has 2 aromatic rings. The van der Waals surface area contributed by atoms with Crippen molar-refractivity contribution in [1.29, 1.82) is 0 Å². The van der Waals surface area contributed by atoms with Crippen molar-refractivity contribution < 1.29 is 14.3 Å². The molecule has 1 aromatic heterocycles. The van der Waals surface area contributed by atoms with Gasteiger partial charge in [0.05, 0.1) is 5.52 Å². The summed E-state index contributed by atoms with van der Waals surface area (Å²) in [4.78, 5) is 17.1. The fourth-order valence-corrected chi connectivity index (χ4v) is 2.70. The highest BCUT2D eigenvalue weighted by Crippen LogP contribution is 2.29. The number of fused-ring (bicyclic) bond motifs is 1. The van der Waals surface area contributed by atoms with Gasteiger partial charge in [-0.1, -0.05) is 6.07 Å². The van der Waals surface area contributed by atoms with E-state index < -0.39 is 5.60 Å². The van der Waals surface area contributed by atoms with Crippen LogP contribution >= 0.6 is 0 Å². The van der Waals surface area contributed by atoms with Crippen molar-refractivity contribution in [3.05, 3.63) is 42.1 Å². The first-order valence-electron chi connectivity index (χ1n) is 6.78. The van der Waals surface area contributed by atoms with Gasteiger partial charge in [0.2, 0.25) is 0 Å². The largest absolute Gasteiger partial charge is 0.381 e. The van der Waals surface area contributed by atoms with Crippen LogP contribution in [0.3, 0.4) is 0 Å². The Balaban J connectivity index is 1.98. The number of nitrogens with zero attached hydrogens (tertiary/aromatic N) is 1. The molecule has 0 unspecified atom stereocenters. The van der Waals surface area contributed by atoms with Crippen LogP contribution in [0.2, 0.25) is 0 Å². The molecule has 0 aliphatic carbocycles. The fraction of sp³-hybridized carbons (Fsp3) is 0.375. The predicted molar refractivity (Wildman–Crippen MR) is 75.9 cm³/mol. The number of carbonyl (C=O) groups is 1. The number of benzene rings is 1. The lowest BCUT2D eigenvalue weighted by atomic mass is 9.85. The van der Waals surface area contributed by atoms with Gasteiger partial charge in [0.25, 0.3) is 0 Å². The summed E-state index contributed by atoms with van der Waals surface area (Å²) in [5, 5.41) is 0.969. The van der Waals surface area contributed by atoms with Crippen molar-refractivity contribution in [2.45, 2.75) is 18.4 Å². The summed E-state index contributed by atoms with van der Waals surface area (Å²) in [6.45, 7) is 1.13. The second-order valence-electron chi connectivity index (χ2n) is 5.05. The van der Waals surface area contributed by atoms with E-state index in [1.807, 2.05) is 30.3 Å². The van der Waals surface area contributed by atoms with E-state index in [2.05, 4.69) is 4.98 Å². The van der Waals surface area contributed by atoms with E-state index in [9.17, 15) is 4.79 Å². The maximum atomic E-state index is 12.8. The lowest BCUT2D eigenvalue weighted by Gasteiger charge is -2.34. The summed E-state index contributed by atoms with van der Waals surface area (Å²) in [7, 11) is 1.60. The topological polar surface area (TPSA) is 48.4 Å². The number of hydrogen-bond donors (Lipinski definition) is 0. The lowest BCUT2D eigenvalue weighted by Crippen LogP contribution is -2.45. The van der Waals surface area contributed by atoms with E-state index in [0.29, 0.717) is 31.6 Å². The van der Waals surface area contributed by atoms with Gasteiger partial charge in [0, 0.05) is 50.3 Å². The van der Waals surface area contributed by atoms with E-state index in [1.165, 1.54) is 0 Å². The van der Waals surface area contributed by atoms with E-state index in [-0.39, 0.29) is 5.78 Å². The second-order valence-corrected chi connectivity index (χ2v) is 5.05. The zero-order valence-corrected chi connectivity index (χ0v) is 11.5. The fourth-order valence-electron chi connectivity index (χ4n) is 2.70. The highest BCUT2D eigenvalue weighted by Gasteiger charge is 2.40. The summed E-state index contributed by atoms with van der Waals surface area (Å²) in [5.74, 6) is 0.0362. The number of pyridine rings is 1. The third kappa shape index (κ3) is 2.21. The molecule has 1 aliphatic heterocycles. The van der Waals surface area contributed by atoms with Gasteiger partial charge in [-0.05, 0) is 24.3 Å². The quantitative estimate of drug-likeness (QED) is 0.805. The molecule has 0 saturated carbocycles. The minimum Gasteiger partial charge on any atom is -0.381 e. The summed E-state index contributed by atoms with van der Waals surface area (Å²) in [6, 6.07) is 9.43. The smallest absolute Gasteiger partial charge is 0.194 e. The van der Waals surface area contributed by atoms with Gasteiger partial charge < -0.3 is 9.47 Å². The number of hydrogen-bond acceptors (Lipinski definition) is 4. The Morgan fingerprint density at radius 2 is 2.10 bits per heavy atom. The van der Waals surface area contributed by atoms with Gasteiger partial charge in [-0.25, -0.2) is 0 Å². The predicted octanol–water partition coefficient (Wildman–Crippen LogP) is 2.61. The molecule has 0 radical (unpaired) electrons. The molecule has 0 bridgehead atoms. The molecular weight excluding hydrogens is 254 g/mol. The van der Waals surface area contributed by atoms with Crippen LogP contribution in [0.25, 0.3) is 10.9 Å². The molecule has 104 valence electrons. The zero-order chi connectivity index (χ0) is 14.0. The van der Waals surface area contributed by atoms with Gasteiger partial charge in [-0.15, -0.1) is 0 Å². The molecule has 20 heavy (non-hydrogen) atoms. The Kier molecular flexibility index (Phi) is 3.51. The molecule has 1 fully saturated rings. The Morgan fingerprint density at radius 1 is 1.30 bits per heavy atom. The molecule has 0 N–H and O–H groups in total. The number of rotatable bonds is 3. The molecule has 2 heterocycles. The van der Waals surface area contributed by atoms with Crippen LogP contribution < -0.4 is 0 Å². The standard InChI is InChI=1S/C16H17NO3/c1-19-16(6-9-20-10-7-16)15(18)13-4-5-14-12(11-13)3-2-8-17-14/h2-5,8,11H,6-7,9-10H2,1H3. The summed E-state index contributed by atoms with van der Waals surface area (Å²) in [6.07, 6.45) is 2.96. The Bertz CT molecular complexity index is 632. The minimum atomic E-state index is -0.742. The summed E-state index contributed by atoms with van der Waals surface area (Å²) in [5.41, 5.74) is 0.825. The van der Waals surface area contributed by atoms with Crippen molar-refractivity contribution in [1.82, 2.24) is 4.98 Å². The van der Waals surface area contributed by atoms with Gasteiger partial charge in [-0.2, -0.15) is 0 Å². The SMILES string of the molecule is COC1(C(=O)c2ccc3ncccc3c2)CCOCC1. The third-order valence-electron chi connectivity index (χ3n) is 3.97. The maximum absolute atomic E-state index is 12.8. The minimum absolute atomic E-state index is 0.0362. The molecule has 0 spiro atoms. The molecule has 0 atom stereocenters. The Hall–Kier alpha value is -1.78. The first kappa shape index (κ1) is 13.2. The van der Waals surface area contributed by atoms with Crippen LogP contribution in [0, 0.1) is 0 Å². The number of ether oxygens (including phenoxy) is 2. The number of ketones is 1. The van der Waals surface area contributed by atoms with Gasteiger partial charge in [0.15, 0.2) is 5.78 Å². The van der Waals surface area contributed by atoms with E-state index in [1.54, 1.807) is 13.3 Å². The van der Waals surface area contributed by atoms with Crippen LogP contribution in [0.15, 0.2) is 36.5 Å². The van der Waals surface area contributed by atoms with Crippen LogP contribution in [-0.2, 0) is 9.47 Å². The first-order valence-corrected chi connectivity index (χ1v) is 6.78. The monoisotopic (exact) mass is 271 g/mol. The first-order chi connectivity index (χ1) is 9.75. The molecule has 0 amide bonds. The molecule has 1 saturated heterocycles. The average molecular weight is 271 g/mol. The van der Waals surface area contributed by atoms with Crippen LogP contribution in [0.1, 0.15) is 23.2 Å². The van der Waals surface area contributed by atoms with Gasteiger partial charge >= 0.3 is 0 Å². The van der Waals surface area contributed by atoms with Crippen molar-refractivity contribution in [2.24, 2.45) is 0 Å². The van der Waals surface area contributed by atoms with E-state index in [4.69, 9.17) is 9.47 Å². The summed E-state index contributed by atoms with van der Waals surface area (Å²) >= 11 is 0.